The first kappa shape index (κ1) is 9.98. The van der Waals surface area contributed by atoms with E-state index in [1.807, 2.05) is 0 Å². The molecule has 0 amide bonds. The van der Waals surface area contributed by atoms with Gasteiger partial charge in [0.15, 0.2) is 5.69 Å². The highest BCUT2D eigenvalue weighted by Gasteiger charge is 2.15. The van der Waals surface area contributed by atoms with Crippen LogP contribution >= 0.6 is 11.6 Å². The van der Waals surface area contributed by atoms with Crippen LogP contribution in [0.15, 0.2) is 18.3 Å². The molecular formula is C10H9ClN2O2. The Morgan fingerprint density at radius 1 is 1.53 bits per heavy atom. The van der Waals surface area contributed by atoms with Crippen LogP contribution in [0.5, 0.6) is 0 Å². The number of methoxy groups -OCH3 is 1. The largest absolute Gasteiger partial charge is 0.464 e. The van der Waals surface area contributed by atoms with Gasteiger partial charge in [-0.3, -0.25) is 0 Å². The highest BCUT2D eigenvalue weighted by molar-refractivity contribution is 6.30. The highest BCUT2D eigenvalue weighted by Crippen LogP contribution is 2.16. The Kier molecular flexibility index (Phi) is 2.36. The van der Waals surface area contributed by atoms with E-state index in [1.165, 1.54) is 7.11 Å². The molecule has 78 valence electrons. The van der Waals surface area contributed by atoms with Crippen molar-refractivity contribution >= 4 is 23.2 Å². The number of aryl methyl sites for hydroxylation is 1. The molecule has 0 saturated heterocycles. The quantitative estimate of drug-likeness (QED) is 0.697. The Morgan fingerprint density at radius 2 is 2.27 bits per heavy atom. The third kappa shape index (κ3) is 1.57. The molecule has 4 nitrogen and oxygen atoms in total. The first-order valence-corrected chi connectivity index (χ1v) is 4.74. The fourth-order valence-corrected chi connectivity index (χ4v) is 1.59. The standard InChI is InChI=1S/C10H9ClN2O2/c1-6-9(10(14)15-2)12-8-4-3-7(11)5-13(6)8/h3-5H,1-2H3. The molecule has 0 atom stereocenters. The van der Waals surface area contributed by atoms with Gasteiger partial charge in [0.05, 0.1) is 17.8 Å². The van der Waals surface area contributed by atoms with Gasteiger partial charge in [-0.1, -0.05) is 11.6 Å². The van der Waals surface area contributed by atoms with Gasteiger partial charge in [-0.15, -0.1) is 0 Å². The zero-order valence-corrected chi connectivity index (χ0v) is 9.08. The van der Waals surface area contributed by atoms with Crippen molar-refractivity contribution in [3.8, 4) is 0 Å². The van der Waals surface area contributed by atoms with E-state index in [1.54, 1.807) is 29.7 Å². The van der Waals surface area contributed by atoms with Gasteiger partial charge in [-0.25, -0.2) is 9.78 Å². The van der Waals surface area contributed by atoms with Gasteiger partial charge in [-0.2, -0.15) is 0 Å². The number of fused-ring (bicyclic) bond motifs is 1. The van der Waals surface area contributed by atoms with Crippen LogP contribution in [0.2, 0.25) is 5.02 Å². The second-order valence-electron chi connectivity index (χ2n) is 3.11. The summed E-state index contributed by atoms with van der Waals surface area (Å²) in [5, 5.41) is 0.597. The van der Waals surface area contributed by atoms with E-state index in [0.717, 1.165) is 5.69 Å². The second-order valence-corrected chi connectivity index (χ2v) is 3.55. The smallest absolute Gasteiger partial charge is 0.358 e. The molecule has 2 heterocycles. The van der Waals surface area contributed by atoms with E-state index in [4.69, 9.17) is 11.6 Å². The Balaban J connectivity index is 2.69. The second kappa shape index (κ2) is 3.55. The van der Waals surface area contributed by atoms with Crippen molar-refractivity contribution in [3.63, 3.8) is 0 Å². The Hall–Kier alpha value is -1.55. The summed E-state index contributed by atoms with van der Waals surface area (Å²) < 4.78 is 6.39. The minimum atomic E-state index is -0.438. The number of hydrogen-bond acceptors (Lipinski definition) is 3. The van der Waals surface area contributed by atoms with E-state index in [9.17, 15) is 4.79 Å². The van der Waals surface area contributed by atoms with Crippen LogP contribution in [0.25, 0.3) is 5.65 Å². The molecule has 0 aromatic carbocycles. The number of esters is 1. The van der Waals surface area contributed by atoms with Gasteiger partial charge in [0.25, 0.3) is 0 Å². The summed E-state index contributed by atoms with van der Waals surface area (Å²) in [6.45, 7) is 1.79. The number of rotatable bonds is 1. The van der Waals surface area contributed by atoms with Gasteiger partial charge < -0.3 is 9.14 Å². The predicted octanol–water partition coefficient (Wildman–Crippen LogP) is 2.08. The summed E-state index contributed by atoms with van der Waals surface area (Å²) in [6, 6.07) is 3.48. The molecule has 2 aromatic rings. The summed E-state index contributed by atoms with van der Waals surface area (Å²) in [4.78, 5) is 15.5. The summed E-state index contributed by atoms with van der Waals surface area (Å²) in [5.41, 5.74) is 1.72. The summed E-state index contributed by atoms with van der Waals surface area (Å²) in [5.74, 6) is -0.438. The van der Waals surface area contributed by atoms with Crippen molar-refractivity contribution in [3.05, 3.63) is 34.7 Å². The minimum absolute atomic E-state index is 0.319. The van der Waals surface area contributed by atoms with Crippen LogP contribution in [-0.4, -0.2) is 22.5 Å². The van der Waals surface area contributed by atoms with E-state index in [2.05, 4.69) is 9.72 Å². The maximum Gasteiger partial charge on any atom is 0.358 e. The van der Waals surface area contributed by atoms with Gasteiger partial charge >= 0.3 is 5.97 Å². The van der Waals surface area contributed by atoms with E-state index >= 15 is 0 Å². The lowest BCUT2D eigenvalue weighted by Crippen LogP contribution is -2.03. The number of pyridine rings is 1. The summed E-state index contributed by atoms with van der Waals surface area (Å²) in [6.07, 6.45) is 1.71. The Morgan fingerprint density at radius 3 is 2.93 bits per heavy atom. The highest BCUT2D eigenvalue weighted by atomic mass is 35.5. The van der Waals surface area contributed by atoms with Gasteiger partial charge in [0, 0.05) is 6.20 Å². The number of halogens is 1. The van der Waals surface area contributed by atoms with Crippen LogP contribution in [0.3, 0.4) is 0 Å². The average molecular weight is 225 g/mol. The first-order chi connectivity index (χ1) is 7.13. The number of carbonyl (C=O) groups is 1. The molecule has 0 bridgehead atoms. The molecule has 0 aliphatic rings. The topological polar surface area (TPSA) is 43.6 Å². The van der Waals surface area contributed by atoms with Crippen LogP contribution < -0.4 is 0 Å². The lowest BCUT2D eigenvalue weighted by molar-refractivity contribution is 0.0594. The fourth-order valence-electron chi connectivity index (χ4n) is 1.43. The number of imidazole rings is 1. The van der Waals surface area contributed by atoms with E-state index < -0.39 is 5.97 Å². The molecule has 5 heteroatoms. The molecule has 2 rings (SSSR count). The molecule has 0 unspecified atom stereocenters. The van der Waals surface area contributed by atoms with Crippen molar-refractivity contribution in [1.29, 1.82) is 0 Å². The predicted molar refractivity (Wildman–Crippen MR) is 56.3 cm³/mol. The van der Waals surface area contributed by atoms with E-state index in [0.29, 0.717) is 16.4 Å². The maximum absolute atomic E-state index is 11.4. The molecule has 0 aliphatic heterocycles. The normalized spacial score (nSPS) is 10.6. The summed E-state index contributed by atoms with van der Waals surface area (Å²) >= 11 is 5.85. The van der Waals surface area contributed by atoms with Gasteiger partial charge in [0.2, 0.25) is 0 Å². The molecule has 0 aliphatic carbocycles. The van der Waals surface area contributed by atoms with Crippen LogP contribution in [0, 0.1) is 6.92 Å². The van der Waals surface area contributed by atoms with Gasteiger partial charge in [-0.05, 0) is 19.1 Å². The lowest BCUT2D eigenvalue weighted by Gasteiger charge is -1.97. The molecule has 15 heavy (non-hydrogen) atoms. The zero-order chi connectivity index (χ0) is 11.0. The monoisotopic (exact) mass is 224 g/mol. The number of carbonyl (C=O) groups excluding carboxylic acids is 1. The van der Waals surface area contributed by atoms with Gasteiger partial charge in [0.1, 0.15) is 5.65 Å². The number of nitrogens with zero attached hydrogens (tertiary/aromatic N) is 2. The minimum Gasteiger partial charge on any atom is -0.464 e. The fraction of sp³-hybridized carbons (Fsp3) is 0.200. The zero-order valence-electron chi connectivity index (χ0n) is 8.32. The molecule has 0 saturated carbocycles. The number of ether oxygens (including phenoxy) is 1. The van der Waals surface area contributed by atoms with Crippen LogP contribution in [0.1, 0.15) is 16.2 Å². The van der Waals surface area contributed by atoms with E-state index in [-0.39, 0.29) is 0 Å². The van der Waals surface area contributed by atoms with Crippen molar-refractivity contribution in [2.45, 2.75) is 6.92 Å². The lowest BCUT2D eigenvalue weighted by atomic mass is 10.3. The third-order valence-corrected chi connectivity index (χ3v) is 2.42. The molecule has 0 N–H and O–H groups in total. The van der Waals surface area contributed by atoms with Crippen molar-refractivity contribution in [2.24, 2.45) is 0 Å². The molecule has 0 fully saturated rings. The first-order valence-electron chi connectivity index (χ1n) is 4.36. The summed E-state index contributed by atoms with van der Waals surface area (Å²) in [7, 11) is 1.33. The van der Waals surface area contributed by atoms with Crippen LogP contribution in [0.4, 0.5) is 0 Å². The third-order valence-electron chi connectivity index (χ3n) is 2.20. The molecule has 0 radical (unpaired) electrons. The van der Waals surface area contributed by atoms with Crippen molar-refractivity contribution < 1.29 is 9.53 Å². The number of aromatic nitrogens is 2. The Labute approximate surface area is 91.4 Å². The molecule has 2 aromatic heterocycles. The van der Waals surface area contributed by atoms with Crippen molar-refractivity contribution in [1.82, 2.24) is 9.38 Å². The Bertz CT molecular complexity index is 533. The average Bonchev–Trinajstić information content (AvgIpc) is 2.55. The van der Waals surface area contributed by atoms with Crippen LogP contribution in [-0.2, 0) is 4.74 Å². The molecule has 0 spiro atoms. The maximum atomic E-state index is 11.4. The SMILES string of the molecule is COC(=O)c1nc2ccc(Cl)cn2c1C. The molecular weight excluding hydrogens is 216 g/mol. The number of hydrogen-bond donors (Lipinski definition) is 0. The van der Waals surface area contributed by atoms with Crippen molar-refractivity contribution in [2.75, 3.05) is 7.11 Å².